The molecule has 2 aromatic heterocycles. The number of nitrogens with one attached hydrogen (secondary N) is 1. The Labute approximate surface area is 155 Å². The molecule has 0 aliphatic heterocycles. The second-order valence-corrected chi connectivity index (χ2v) is 6.79. The summed E-state index contributed by atoms with van der Waals surface area (Å²) in [6.45, 7) is 0. The van der Waals surface area contributed by atoms with Crippen molar-refractivity contribution >= 4 is 16.8 Å². The van der Waals surface area contributed by atoms with E-state index >= 15 is 0 Å². The lowest BCUT2D eigenvalue weighted by Crippen LogP contribution is -2.15. The van der Waals surface area contributed by atoms with E-state index in [9.17, 15) is 10.1 Å². The van der Waals surface area contributed by atoms with Crippen LogP contribution in [0.3, 0.4) is 0 Å². The van der Waals surface area contributed by atoms with Crippen molar-refractivity contribution in [2.75, 3.05) is 0 Å². The SMILES string of the molecule is N#C[C@]1(c2nc3ccccc3[nH]2)[C@@H](C(=O)c2ccco2)[C@@H]1c1ccccc1. The number of fused-ring (bicyclic) bond motifs is 1. The Kier molecular flexibility index (Phi) is 3.28. The van der Waals surface area contributed by atoms with Gasteiger partial charge in [-0.2, -0.15) is 5.26 Å². The molecule has 0 amide bonds. The molecule has 1 aliphatic rings. The normalized spacial score (nSPS) is 23.8. The number of benzene rings is 2. The maximum atomic E-state index is 13.1. The molecule has 1 saturated carbocycles. The number of ketones is 1. The van der Waals surface area contributed by atoms with Gasteiger partial charge < -0.3 is 9.40 Å². The van der Waals surface area contributed by atoms with Gasteiger partial charge in [-0.05, 0) is 29.8 Å². The molecule has 0 bridgehead atoms. The molecular weight excluding hydrogens is 338 g/mol. The molecule has 27 heavy (non-hydrogen) atoms. The van der Waals surface area contributed by atoms with Crippen LogP contribution in [0.15, 0.2) is 77.4 Å². The average Bonchev–Trinajstić information content (AvgIpc) is 3.07. The summed E-state index contributed by atoms with van der Waals surface area (Å²) in [5, 5.41) is 10.2. The minimum absolute atomic E-state index is 0.171. The number of imidazole rings is 1. The smallest absolute Gasteiger partial charge is 0.203 e. The first kappa shape index (κ1) is 15.6. The molecular formula is C22H15N3O2. The number of aromatic amines is 1. The summed E-state index contributed by atoms with van der Waals surface area (Å²) >= 11 is 0. The molecule has 130 valence electrons. The van der Waals surface area contributed by atoms with Crippen molar-refractivity contribution in [2.45, 2.75) is 11.3 Å². The maximum absolute atomic E-state index is 13.1. The molecule has 3 atom stereocenters. The predicted molar refractivity (Wildman–Crippen MR) is 99.1 cm³/mol. The van der Waals surface area contributed by atoms with Crippen LogP contribution in [0.4, 0.5) is 0 Å². The average molecular weight is 353 g/mol. The Hall–Kier alpha value is -3.65. The second-order valence-electron chi connectivity index (χ2n) is 6.79. The standard InChI is InChI=1S/C22H15N3O2/c23-13-22(21-24-15-9-4-5-10-16(15)25-21)18(14-7-2-1-3-8-14)19(22)20(26)17-11-6-12-27-17/h1-12,18-19H,(H,24,25)/t18-,19+,22+/m0/s1. The third-order valence-electron chi connectivity index (χ3n) is 5.38. The second kappa shape index (κ2) is 5.68. The minimum Gasteiger partial charge on any atom is -0.461 e. The Balaban J connectivity index is 1.68. The summed E-state index contributed by atoms with van der Waals surface area (Å²) in [5.74, 6) is -0.187. The molecule has 5 nitrogen and oxygen atoms in total. The molecule has 5 rings (SSSR count). The number of nitriles is 1. The van der Waals surface area contributed by atoms with Crippen LogP contribution in [0.25, 0.3) is 11.0 Å². The molecule has 0 radical (unpaired) electrons. The van der Waals surface area contributed by atoms with Crippen LogP contribution in [0, 0.1) is 17.2 Å². The Bertz CT molecular complexity index is 1140. The number of H-pyrrole nitrogens is 1. The van der Waals surface area contributed by atoms with Crippen LogP contribution in [-0.2, 0) is 5.41 Å². The van der Waals surface area contributed by atoms with Gasteiger partial charge in [0.05, 0.1) is 29.3 Å². The zero-order valence-corrected chi connectivity index (χ0v) is 14.3. The number of carbonyl (C=O) groups is 1. The molecule has 1 fully saturated rings. The number of aromatic nitrogens is 2. The van der Waals surface area contributed by atoms with Crippen molar-refractivity contribution in [3.63, 3.8) is 0 Å². The third kappa shape index (κ3) is 2.17. The van der Waals surface area contributed by atoms with Gasteiger partial charge in [0.2, 0.25) is 5.78 Å². The monoisotopic (exact) mass is 353 g/mol. The lowest BCUT2D eigenvalue weighted by Gasteiger charge is -2.05. The number of hydrogen-bond acceptors (Lipinski definition) is 4. The molecule has 0 saturated heterocycles. The summed E-state index contributed by atoms with van der Waals surface area (Å²) in [4.78, 5) is 21.0. The topological polar surface area (TPSA) is 82.7 Å². The quantitative estimate of drug-likeness (QED) is 0.557. The number of nitrogens with zero attached hydrogens (tertiary/aromatic N) is 2. The van der Waals surface area contributed by atoms with Crippen LogP contribution >= 0.6 is 0 Å². The van der Waals surface area contributed by atoms with Gasteiger partial charge in [-0.15, -0.1) is 0 Å². The number of Topliss-reactive ketones (excluding diaryl/α,β-unsaturated/α-hetero) is 1. The van der Waals surface area contributed by atoms with E-state index in [1.165, 1.54) is 6.26 Å². The van der Waals surface area contributed by atoms with E-state index in [-0.39, 0.29) is 17.5 Å². The molecule has 1 aliphatic carbocycles. The number of carbonyl (C=O) groups excluding carboxylic acids is 1. The van der Waals surface area contributed by atoms with E-state index < -0.39 is 11.3 Å². The van der Waals surface area contributed by atoms with Crippen LogP contribution < -0.4 is 0 Å². The number of rotatable bonds is 4. The van der Waals surface area contributed by atoms with Gasteiger partial charge in [-0.3, -0.25) is 4.79 Å². The molecule has 4 aromatic rings. The molecule has 1 N–H and O–H groups in total. The highest BCUT2D eigenvalue weighted by molar-refractivity contribution is 6.01. The predicted octanol–water partition coefficient (Wildman–Crippen LogP) is 4.21. The van der Waals surface area contributed by atoms with Gasteiger partial charge in [0.25, 0.3) is 0 Å². The van der Waals surface area contributed by atoms with Gasteiger partial charge in [0.15, 0.2) is 5.76 Å². The Morgan fingerprint density at radius 1 is 1.07 bits per heavy atom. The first-order valence-electron chi connectivity index (χ1n) is 8.75. The zero-order valence-electron chi connectivity index (χ0n) is 14.3. The molecule has 5 heteroatoms. The fourth-order valence-electron chi connectivity index (χ4n) is 4.07. The Morgan fingerprint density at radius 2 is 1.85 bits per heavy atom. The molecule has 2 heterocycles. The van der Waals surface area contributed by atoms with Gasteiger partial charge in [-0.25, -0.2) is 4.98 Å². The van der Waals surface area contributed by atoms with Crippen molar-refractivity contribution in [3.05, 3.63) is 90.1 Å². The number of para-hydroxylation sites is 2. The van der Waals surface area contributed by atoms with Crippen molar-refractivity contribution in [1.29, 1.82) is 5.26 Å². The Morgan fingerprint density at radius 3 is 2.56 bits per heavy atom. The van der Waals surface area contributed by atoms with Crippen molar-refractivity contribution in [3.8, 4) is 6.07 Å². The lowest BCUT2D eigenvalue weighted by atomic mass is 9.99. The first-order valence-corrected chi connectivity index (χ1v) is 8.75. The van der Waals surface area contributed by atoms with E-state index in [4.69, 9.17) is 4.42 Å². The van der Waals surface area contributed by atoms with Crippen LogP contribution in [0.5, 0.6) is 0 Å². The molecule has 0 unspecified atom stereocenters. The summed E-state index contributed by atoms with van der Waals surface area (Å²) in [5.41, 5.74) is 1.55. The summed E-state index contributed by atoms with van der Waals surface area (Å²) < 4.78 is 5.32. The summed E-state index contributed by atoms with van der Waals surface area (Å²) in [7, 11) is 0. The maximum Gasteiger partial charge on any atom is 0.203 e. The van der Waals surface area contributed by atoms with Crippen LogP contribution in [0.1, 0.15) is 27.9 Å². The fraction of sp³-hybridized carbons (Fsp3) is 0.136. The van der Waals surface area contributed by atoms with E-state index in [1.54, 1.807) is 12.1 Å². The van der Waals surface area contributed by atoms with Crippen LogP contribution in [-0.4, -0.2) is 15.8 Å². The highest BCUT2D eigenvalue weighted by Gasteiger charge is 2.72. The minimum atomic E-state index is -1.04. The van der Waals surface area contributed by atoms with Crippen molar-refractivity contribution < 1.29 is 9.21 Å². The molecule has 0 spiro atoms. The largest absolute Gasteiger partial charge is 0.461 e. The van der Waals surface area contributed by atoms with Crippen LogP contribution in [0.2, 0.25) is 0 Å². The highest BCUT2D eigenvalue weighted by atomic mass is 16.3. The summed E-state index contributed by atoms with van der Waals surface area (Å²) in [6, 6.07) is 23.0. The number of furan rings is 1. The van der Waals surface area contributed by atoms with Gasteiger partial charge in [0.1, 0.15) is 11.2 Å². The number of hydrogen-bond donors (Lipinski definition) is 1. The molecule has 2 aromatic carbocycles. The van der Waals surface area contributed by atoms with E-state index in [1.807, 2.05) is 54.6 Å². The van der Waals surface area contributed by atoms with E-state index in [0.717, 1.165) is 16.6 Å². The van der Waals surface area contributed by atoms with Crippen molar-refractivity contribution in [1.82, 2.24) is 9.97 Å². The van der Waals surface area contributed by atoms with E-state index in [2.05, 4.69) is 16.0 Å². The first-order chi connectivity index (χ1) is 13.3. The van der Waals surface area contributed by atoms with Gasteiger partial charge in [-0.1, -0.05) is 42.5 Å². The lowest BCUT2D eigenvalue weighted by molar-refractivity contribution is 0.0931. The van der Waals surface area contributed by atoms with Gasteiger partial charge >= 0.3 is 0 Å². The fourth-order valence-corrected chi connectivity index (χ4v) is 4.07. The van der Waals surface area contributed by atoms with Gasteiger partial charge in [0, 0.05) is 5.92 Å². The summed E-state index contributed by atoms with van der Waals surface area (Å²) in [6.07, 6.45) is 1.47. The zero-order chi connectivity index (χ0) is 18.4. The van der Waals surface area contributed by atoms with E-state index in [0.29, 0.717) is 5.82 Å². The third-order valence-corrected chi connectivity index (χ3v) is 5.38. The van der Waals surface area contributed by atoms with Crippen molar-refractivity contribution in [2.24, 2.45) is 5.92 Å². The highest BCUT2D eigenvalue weighted by Crippen LogP contribution is 2.65.